The zero-order chi connectivity index (χ0) is 15.7. The van der Waals surface area contributed by atoms with Gasteiger partial charge in [-0.1, -0.05) is 6.07 Å². The molecule has 0 radical (unpaired) electrons. The minimum atomic E-state index is -0.0205. The second-order valence-electron chi connectivity index (χ2n) is 6.38. The number of rotatable bonds is 5. The summed E-state index contributed by atoms with van der Waals surface area (Å²) >= 11 is 1.74. The molecular formula is C17H21N3O2S. The molecule has 0 N–H and O–H groups in total. The molecule has 4 rings (SSSR count). The standard InChI is InChI=1S/C17H21N3O2S/c1-13-15(23-12-19-13)8-20-10-17(11-20)14(5-7-22-17)9-21-16-4-2-3-6-18-16/h2-4,6,12,14H,5,7-11H2,1H3/t14-/m0/s1. The lowest BCUT2D eigenvalue weighted by molar-refractivity contribution is -0.140. The van der Waals surface area contributed by atoms with Gasteiger partial charge in [0.2, 0.25) is 5.88 Å². The molecule has 6 heteroatoms. The maximum atomic E-state index is 6.10. The van der Waals surface area contributed by atoms with Crippen LogP contribution >= 0.6 is 11.3 Å². The summed E-state index contributed by atoms with van der Waals surface area (Å²) < 4.78 is 12.0. The van der Waals surface area contributed by atoms with Gasteiger partial charge in [0.25, 0.3) is 0 Å². The topological polar surface area (TPSA) is 47.5 Å². The summed E-state index contributed by atoms with van der Waals surface area (Å²) in [7, 11) is 0. The van der Waals surface area contributed by atoms with Crippen molar-refractivity contribution in [2.75, 3.05) is 26.3 Å². The molecule has 0 saturated carbocycles. The molecule has 2 aliphatic rings. The lowest BCUT2D eigenvalue weighted by Crippen LogP contribution is -2.64. The van der Waals surface area contributed by atoms with Crippen molar-refractivity contribution in [3.63, 3.8) is 0 Å². The minimum Gasteiger partial charge on any atom is -0.477 e. The Bertz CT molecular complexity index is 655. The first kappa shape index (κ1) is 15.1. The van der Waals surface area contributed by atoms with Crippen LogP contribution in [0.25, 0.3) is 0 Å². The second kappa shape index (κ2) is 6.19. The van der Waals surface area contributed by atoms with Crippen LogP contribution in [0.4, 0.5) is 0 Å². The SMILES string of the molecule is Cc1ncsc1CN1CC2(C1)OCC[C@H]2COc1ccccn1. The highest BCUT2D eigenvalue weighted by molar-refractivity contribution is 7.09. The Morgan fingerprint density at radius 1 is 1.39 bits per heavy atom. The predicted molar refractivity (Wildman–Crippen MR) is 88.7 cm³/mol. The molecule has 0 aromatic carbocycles. The maximum absolute atomic E-state index is 6.10. The van der Waals surface area contributed by atoms with E-state index in [1.165, 1.54) is 4.88 Å². The van der Waals surface area contributed by atoms with Crippen molar-refractivity contribution in [1.29, 1.82) is 0 Å². The van der Waals surface area contributed by atoms with Gasteiger partial charge in [-0.15, -0.1) is 11.3 Å². The van der Waals surface area contributed by atoms with Crippen molar-refractivity contribution < 1.29 is 9.47 Å². The van der Waals surface area contributed by atoms with E-state index in [1.54, 1.807) is 17.5 Å². The zero-order valence-electron chi connectivity index (χ0n) is 13.3. The van der Waals surface area contributed by atoms with E-state index >= 15 is 0 Å². The molecule has 0 aliphatic carbocycles. The van der Waals surface area contributed by atoms with Crippen LogP contribution in [0.5, 0.6) is 5.88 Å². The van der Waals surface area contributed by atoms with Gasteiger partial charge in [-0.05, 0) is 19.4 Å². The summed E-state index contributed by atoms with van der Waals surface area (Å²) in [5, 5.41) is 0. The Labute approximate surface area is 140 Å². The van der Waals surface area contributed by atoms with Crippen molar-refractivity contribution in [3.8, 4) is 5.88 Å². The normalized spacial score (nSPS) is 23.1. The first-order valence-electron chi connectivity index (χ1n) is 8.04. The van der Waals surface area contributed by atoms with Crippen LogP contribution in [0.15, 0.2) is 29.9 Å². The van der Waals surface area contributed by atoms with Crippen LogP contribution in [0.1, 0.15) is 17.0 Å². The third-order valence-electron chi connectivity index (χ3n) is 4.86. The van der Waals surface area contributed by atoms with Crippen molar-refractivity contribution in [2.45, 2.75) is 25.5 Å². The van der Waals surface area contributed by atoms with Gasteiger partial charge in [-0.2, -0.15) is 0 Å². The summed E-state index contributed by atoms with van der Waals surface area (Å²) in [4.78, 5) is 12.4. The highest BCUT2D eigenvalue weighted by Crippen LogP contribution is 2.41. The third-order valence-corrected chi connectivity index (χ3v) is 5.78. The molecule has 1 spiro atoms. The van der Waals surface area contributed by atoms with Gasteiger partial charge in [0.05, 0.1) is 23.4 Å². The van der Waals surface area contributed by atoms with Gasteiger partial charge in [0, 0.05) is 49.3 Å². The molecule has 23 heavy (non-hydrogen) atoms. The number of aryl methyl sites for hydroxylation is 1. The van der Waals surface area contributed by atoms with E-state index in [9.17, 15) is 0 Å². The van der Waals surface area contributed by atoms with E-state index in [0.717, 1.165) is 38.4 Å². The zero-order valence-corrected chi connectivity index (χ0v) is 14.1. The van der Waals surface area contributed by atoms with Crippen LogP contribution in [0.2, 0.25) is 0 Å². The summed E-state index contributed by atoms with van der Waals surface area (Å²) in [5.74, 6) is 1.15. The minimum absolute atomic E-state index is 0.0205. The molecule has 1 atom stereocenters. The Morgan fingerprint density at radius 2 is 2.30 bits per heavy atom. The molecule has 5 nitrogen and oxygen atoms in total. The molecule has 0 amide bonds. The molecule has 2 aromatic heterocycles. The van der Waals surface area contributed by atoms with Crippen molar-refractivity contribution in [3.05, 3.63) is 40.5 Å². The number of aromatic nitrogens is 2. The first-order valence-corrected chi connectivity index (χ1v) is 8.92. The van der Waals surface area contributed by atoms with Crippen molar-refractivity contribution in [2.24, 2.45) is 5.92 Å². The van der Waals surface area contributed by atoms with Crippen LogP contribution < -0.4 is 4.74 Å². The average Bonchev–Trinajstić information content (AvgIpc) is 3.13. The molecule has 0 bridgehead atoms. The fourth-order valence-corrected chi connectivity index (χ4v) is 4.31. The van der Waals surface area contributed by atoms with Gasteiger partial charge >= 0.3 is 0 Å². The average molecular weight is 331 g/mol. The number of pyridine rings is 1. The number of hydrogen-bond donors (Lipinski definition) is 0. The fourth-order valence-electron chi connectivity index (χ4n) is 3.49. The molecule has 0 unspecified atom stereocenters. The Kier molecular flexibility index (Phi) is 4.05. The highest BCUT2D eigenvalue weighted by Gasteiger charge is 2.53. The van der Waals surface area contributed by atoms with E-state index < -0.39 is 0 Å². The maximum Gasteiger partial charge on any atom is 0.213 e. The van der Waals surface area contributed by atoms with Gasteiger partial charge < -0.3 is 9.47 Å². The lowest BCUT2D eigenvalue weighted by Gasteiger charge is -2.50. The monoisotopic (exact) mass is 331 g/mol. The van der Waals surface area contributed by atoms with E-state index in [4.69, 9.17) is 9.47 Å². The van der Waals surface area contributed by atoms with Gasteiger partial charge in [0.15, 0.2) is 0 Å². The third kappa shape index (κ3) is 2.98. The van der Waals surface area contributed by atoms with Crippen LogP contribution in [0, 0.1) is 12.8 Å². The van der Waals surface area contributed by atoms with Crippen LogP contribution in [-0.2, 0) is 11.3 Å². The Hall–Kier alpha value is -1.50. The smallest absolute Gasteiger partial charge is 0.213 e. The summed E-state index contributed by atoms with van der Waals surface area (Å²) in [6.07, 6.45) is 2.83. The summed E-state index contributed by atoms with van der Waals surface area (Å²) in [6.45, 7) is 6.56. The molecule has 4 heterocycles. The number of likely N-dealkylation sites (tertiary alicyclic amines) is 1. The van der Waals surface area contributed by atoms with Gasteiger partial charge in [0.1, 0.15) is 0 Å². The highest BCUT2D eigenvalue weighted by atomic mass is 32.1. The van der Waals surface area contributed by atoms with E-state index in [2.05, 4.69) is 21.8 Å². The van der Waals surface area contributed by atoms with E-state index in [1.807, 2.05) is 23.7 Å². The van der Waals surface area contributed by atoms with Crippen LogP contribution in [-0.4, -0.2) is 46.8 Å². The quantitative estimate of drug-likeness (QED) is 0.842. The van der Waals surface area contributed by atoms with Crippen molar-refractivity contribution in [1.82, 2.24) is 14.9 Å². The van der Waals surface area contributed by atoms with E-state index in [-0.39, 0.29) is 5.60 Å². The van der Waals surface area contributed by atoms with E-state index in [0.29, 0.717) is 18.4 Å². The molecule has 122 valence electrons. The number of nitrogens with zero attached hydrogens (tertiary/aromatic N) is 3. The Balaban J connectivity index is 1.33. The van der Waals surface area contributed by atoms with Crippen LogP contribution in [0.3, 0.4) is 0 Å². The fraction of sp³-hybridized carbons (Fsp3) is 0.529. The second-order valence-corrected chi connectivity index (χ2v) is 7.32. The summed E-state index contributed by atoms with van der Waals surface area (Å²) in [6, 6.07) is 5.76. The summed E-state index contributed by atoms with van der Waals surface area (Å²) in [5.41, 5.74) is 3.06. The number of thiazole rings is 1. The lowest BCUT2D eigenvalue weighted by atomic mass is 9.81. The molecule has 2 fully saturated rings. The van der Waals surface area contributed by atoms with Gasteiger partial charge in [-0.25, -0.2) is 9.97 Å². The molecule has 2 aliphatic heterocycles. The Morgan fingerprint density at radius 3 is 3.04 bits per heavy atom. The number of hydrogen-bond acceptors (Lipinski definition) is 6. The largest absolute Gasteiger partial charge is 0.477 e. The first-order chi connectivity index (χ1) is 11.3. The number of ether oxygens (including phenoxy) is 2. The van der Waals surface area contributed by atoms with Crippen molar-refractivity contribution >= 4 is 11.3 Å². The van der Waals surface area contributed by atoms with Gasteiger partial charge in [-0.3, -0.25) is 4.90 Å². The molecule has 2 aromatic rings. The predicted octanol–water partition coefficient (Wildman–Crippen LogP) is 2.52. The molecular weight excluding hydrogens is 310 g/mol. The molecule has 2 saturated heterocycles.